The Morgan fingerprint density at radius 1 is 0.538 bits per heavy atom. The van der Waals surface area contributed by atoms with Crippen LogP contribution in [0.25, 0.3) is 82.4 Å². The molecular weight excluding hydrogens is 476 g/mol. The molecule has 0 aliphatic carbocycles. The fourth-order valence-corrected chi connectivity index (χ4v) is 6.41. The second-order valence-corrected chi connectivity index (χ2v) is 10.2. The number of aromatic amines is 1. The van der Waals surface area contributed by atoms with Crippen molar-refractivity contribution in [2.24, 2.45) is 0 Å². The summed E-state index contributed by atoms with van der Waals surface area (Å²) in [7, 11) is 0. The largest absolute Gasteiger partial charge is 0.455 e. The molecule has 0 unspecified atom stereocenters. The maximum Gasteiger partial charge on any atom is 0.143 e. The van der Waals surface area contributed by atoms with Crippen LogP contribution >= 0.6 is 0 Å². The first-order valence-corrected chi connectivity index (χ1v) is 13.3. The third-order valence-corrected chi connectivity index (χ3v) is 8.12. The molecule has 3 aromatic heterocycles. The number of nitrogens with one attached hydrogen (secondary N) is 1. The highest BCUT2D eigenvalue weighted by atomic mass is 16.3. The molecule has 0 spiro atoms. The molecule has 0 fully saturated rings. The molecule has 0 aliphatic rings. The molecule has 3 heterocycles. The number of benzene rings is 6. The summed E-state index contributed by atoms with van der Waals surface area (Å²) in [4.78, 5) is 3.76. The van der Waals surface area contributed by atoms with E-state index in [0.717, 1.165) is 49.8 Å². The molecule has 39 heavy (non-hydrogen) atoms. The van der Waals surface area contributed by atoms with Gasteiger partial charge in [-0.25, -0.2) is 0 Å². The number of furan rings is 1. The monoisotopic (exact) mass is 498 g/mol. The topological polar surface area (TPSA) is 33.9 Å². The number of rotatable bonds is 2. The number of hydrogen-bond acceptors (Lipinski definition) is 1. The Bertz CT molecular complexity index is 2390. The summed E-state index contributed by atoms with van der Waals surface area (Å²) in [5.74, 6) is 0. The van der Waals surface area contributed by atoms with Gasteiger partial charge in [-0.15, -0.1) is 0 Å². The van der Waals surface area contributed by atoms with Crippen LogP contribution in [0.1, 0.15) is 0 Å². The minimum absolute atomic E-state index is 0.905. The van der Waals surface area contributed by atoms with Crippen molar-refractivity contribution in [1.82, 2.24) is 9.55 Å². The first-order chi connectivity index (χ1) is 19.3. The van der Waals surface area contributed by atoms with Crippen LogP contribution in [0.5, 0.6) is 0 Å². The highest BCUT2D eigenvalue weighted by Gasteiger charge is 2.20. The highest BCUT2D eigenvalue weighted by molar-refractivity contribution is 6.23. The van der Waals surface area contributed by atoms with E-state index in [0.29, 0.717) is 0 Å². The maximum absolute atomic E-state index is 6.48. The molecular formula is C36H22N2O. The zero-order valence-electron chi connectivity index (χ0n) is 21.0. The average Bonchev–Trinajstić information content (AvgIpc) is 3.66. The molecule has 3 heteroatoms. The van der Waals surface area contributed by atoms with E-state index in [1.165, 1.54) is 32.6 Å². The number of fused-ring (bicyclic) bond motifs is 10. The summed E-state index contributed by atoms with van der Waals surface area (Å²) >= 11 is 0. The van der Waals surface area contributed by atoms with Crippen molar-refractivity contribution in [2.45, 2.75) is 0 Å². The fraction of sp³-hybridized carbons (Fsp3) is 0. The molecule has 9 rings (SSSR count). The van der Waals surface area contributed by atoms with Gasteiger partial charge in [-0.3, -0.25) is 0 Å². The van der Waals surface area contributed by atoms with Crippen LogP contribution in [0, 0.1) is 0 Å². The minimum atomic E-state index is 0.905. The molecule has 3 nitrogen and oxygen atoms in total. The van der Waals surface area contributed by atoms with E-state index in [2.05, 4.69) is 131 Å². The first-order valence-electron chi connectivity index (χ1n) is 13.3. The van der Waals surface area contributed by atoms with Crippen LogP contribution in [0.4, 0.5) is 0 Å². The van der Waals surface area contributed by atoms with Gasteiger partial charge in [0, 0.05) is 49.1 Å². The Kier molecular flexibility index (Phi) is 4.05. The van der Waals surface area contributed by atoms with E-state index in [9.17, 15) is 0 Å². The minimum Gasteiger partial charge on any atom is -0.455 e. The van der Waals surface area contributed by atoms with Gasteiger partial charge in [0.15, 0.2) is 0 Å². The van der Waals surface area contributed by atoms with E-state index in [1.807, 2.05) is 6.07 Å². The van der Waals surface area contributed by atoms with Gasteiger partial charge in [0.25, 0.3) is 0 Å². The third kappa shape index (κ3) is 2.82. The van der Waals surface area contributed by atoms with Crippen molar-refractivity contribution in [1.29, 1.82) is 0 Å². The SMILES string of the molecule is c1ccc(-c2cc(-n3c4ccccc4c4ccc5c6ccccc6[nH]c5c43)cc3c2oc2ccccc23)cc1. The van der Waals surface area contributed by atoms with E-state index >= 15 is 0 Å². The van der Waals surface area contributed by atoms with Crippen molar-refractivity contribution in [3.8, 4) is 16.8 Å². The quantitative estimate of drug-likeness (QED) is 0.253. The third-order valence-electron chi connectivity index (χ3n) is 8.12. The van der Waals surface area contributed by atoms with Crippen molar-refractivity contribution >= 4 is 65.6 Å². The average molecular weight is 499 g/mol. The number of aromatic nitrogens is 2. The van der Waals surface area contributed by atoms with Crippen molar-refractivity contribution < 1.29 is 4.42 Å². The number of para-hydroxylation sites is 3. The van der Waals surface area contributed by atoms with Crippen molar-refractivity contribution in [2.75, 3.05) is 0 Å². The van der Waals surface area contributed by atoms with Gasteiger partial charge < -0.3 is 14.0 Å². The molecule has 9 aromatic rings. The van der Waals surface area contributed by atoms with Gasteiger partial charge in [-0.2, -0.15) is 0 Å². The Balaban J connectivity index is 1.49. The van der Waals surface area contributed by atoms with Gasteiger partial charge in [0.05, 0.1) is 16.6 Å². The van der Waals surface area contributed by atoms with Crippen LogP contribution in [-0.2, 0) is 0 Å². The highest BCUT2D eigenvalue weighted by Crippen LogP contribution is 2.42. The fourth-order valence-electron chi connectivity index (χ4n) is 6.41. The van der Waals surface area contributed by atoms with Crippen molar-refractivity contribution in [3.05, 3.63) is 127 Å². The van der Waals surface area contributed by atoms with Crippen LogP contribution in [-0.4, -0.2) is 9.55 Å². The molecule has 0 saturated carbocycles. The molecule has 0 radical (unpaired) electrons. The summed E-state index contributed by atoms with van der Waals surface area (Å²) in [6, 6.07) is 45.3. The normalized spacial score (nSPS) is 12.1. The Labute approximate surface area is 223 Å². The van der Waals surface area contributed by atoms with Gasteiger partial charge in [-0.1, -0.05) is 97.1 Å². The lowest BCUT2D eigenvalue weighted by atomic mass is 10.0. The van der Waals surface area contributed by atoms with E-state index in [4.69, 9.17) is 4.42 Å². The second kappa shape index (κ2) is 7.62. The predicted molar refractivity (Wildman–Crippen MR) is 163 cm³/mol. The number of H-pyrrole nitrogens is 1. The molecule has 1 N–H and O–H groups in total. The van der Waals surface area contributed by atoms with Gasteiger partial charge in [0.2, 0.25) is 0 Å². The molecule has 0 amide bonds. The molecule has 0 atom stereocenters. The molecule has 0 saturated heterocycles. The second-order valence-electron chi connectivity index (χ2n) is 10.2. The summed E-state index contributed by atoms with van der Waals surface area (Å²) in [6.45, 7) is 0. The Morgan fingerprint density at radius 2 is 1.26 bits per heavy atom. The maximum atomic E-state index is 6.48. The zero-order valence-corrected chi connectivity index (χ0v) is 21.0. The van der Waals surface area contributed by atoms with Gasteiger partial charge >= 0.3 is 0 Å². The van der Waals surface area contributed by atoms with Crippen LogP contribution in [0.15, 0.2) is 132 Å². The first kappa shape index (κ1) is 20.7. The molecule has 0 aliphatic heterocycles. The number of hydrogen-bond donors (Lipinski definition) is 1. The zero-order chi connectivity index (χ0) is 25.5. The van der Waals surface area contributed by atoms with Gasteiger partial charge in [0.1, 0.15) is 11.2 Å². The van der Waals surface area contributed by atoms with E-state index in [1.54, 1.807) is 0 Å². The number of nitrogens with zero attached hydrogens (tertiary/aromatic N) is 1. The van der Waals surface area contributed by atoms with Crippen molar-refractivity contribution in [3.63, 3.8) is 0 Å². The van der Waals surface area contributed by atoms with E-state index in [-0.39, 0.29) is 0 Å². The molecule has 182 valence electrons. The predicted octanol–water partition coefficient (Wildman–Crippen LogP) is 9.98. The summed E-state index contributed by atoms with van der Waals surface area (Å²) in [6.07, 6.45) is 0. The van der Waals surface area contributed by atoms with Gasteiger partial charge in [-0.05, 0) is 35.9 Å². The van der Waals surface area contributed by atoms with Crippen LogP contribution in [0.2, 0.25) is 0 Å². The summed E-state index contributed by atoms with van der Waals surface area (Å²) in [5, 5.41) is 7.21. The lowest BCUT2D eigenvalue weighted by Gasteiger charge is -2.12. The lowest BCUT2D eigenvalue weighted by molar-refractivity contribution is 0.670. The summed E-state index contributed by atoms with van der Waals surface area (Å²) < 4.78 is 8.91. The van der Waals surface area contributed by atoms with E-state index < -0.39 is 0 Å². The Morgan fingerprint density at radius 3 is 2.15 bits per heavy atom. The lowest BCUT2D eigenvalue weighted by Crippen LogP contribution is -1.95. The smallest absolute Gasteiger partial charge is 0.143 e. The molecule has 6 aromatic carbocycles. The van der Waals surface area contributed by atoms with Crippen LogP contribution < -0.4 is 0 Å². The summed E-state index contributed by atoms with van der Waals surface area (Å²) in [5.41, 5.74) is 9.85. The molecule has 0 bridgehead atoms. The standard InChI is InChI=1S/C36H22N2O/c1-2-10-22(11-3-1)29-20-23(21-30-26-14-6-9-17-33(26)39-36(29)30)38-32-16-8-5-13-25(32)28-19-18-27-24-12-4-7-15-31(24)37-34(27)35(28)38/h1-21,37H. The van der Waals surface area contributed by atoms with Crippen LogP contribution in [0.3, 0.4) is 0 Å². The Hall–Kier alpha value is -5.28.